The van der Waals surface area contributed by atoms with Gasteiger partial charge in [0.1, 0.15) is 0 Å². The fourth-order valence-electron chi connectivity index (χ4n) is 1.65. The second kappa shape index (κ2) is 5.94. The van der Waals surface area contributed by atoms with Crippen molar-refractivity contribution >= 4 is 15.9 Å². The molecule has 0 radical (unpaired) electrons. The van der Waals surface area contributed by atoms with Gasteiger partial charge in [0.2, 0.25) is 6.79 Å². The number of allylic oxidation sites excluding steroid dienone is 2. The molecule has 1 aromatic rings. The third-order valence-electron chi connectivity index (χ3n) is 2.48. The van der Waals surface area contributed by atoms with Gasteiger partial charge in [-0.3, -0.25) is 0 Å². The van der Waals surface area contributed by atoms with Gasteiger partial charge >= 0.3 is 0 Å². The second-order valence-electron chi connectivity index (χ2n) is 3.68. The van der Waals surface area contributed by atoms with Crippen molar-refractivity contribution in [2.75, 3.05) is 12.1 Å². The zero-order chi connectivity index (χ0) is 11.2. The molecule has 0 fully saturated rings. The summed E-state index contributed by atoms with van der Waals surface area (Å²) in [4.78, 5) is 0. The van der Waals surface area contributed by atoms with Crippen LogP contribution in [0.2, 0.25) is 0 Å². The molecule has 0 saturated heterocycles. The molecular weight excluding hydrogens is 268 g/mol. The molecule has 0 aliphatic carbocycles. The molecule has 2 nitrogen and oxygen atoms in total. The van der Waals surface area contributed by atoms with Gasteiger partial charge in [-0.1, -0.05) is 34.1 Å². The number of aryl methyl sites for hydroxylation is 1. The van der Waals surface area contributed by atoms with Gasteiger partial charge in [-0.25, -0.2) is 0 Å². The average Bonchev–Trinajstić information content (AvgIpc) is 2.76. The smallest absolute Gasteiger partial charge is 0.231 e. The summed E-state index contributed by atoms with van der Waals surface area (Å²) in [6.45, 7) is 0.351. The van der Waals surface area contributed by atoms with Crippen LogP contribution in [0.1, 0.15) is 18.4 Å². The van der Waals surface area contributed by atoms with Crippen molar-refractivity contribution in [3.05, 3.63) is 35.9 Å². The molecule has 0 N–H and O–H groups in total. The van der Waals surface area contributed by atoms with E-state index >= 15 is 0 Å². The van der Waals surface area contributed by atoms with Crippen LogP contribution in [-0.2, 0) is 6.42 Å². The van der Waals surface area contributed by atoms with E-state index in [0.717, 1.165) is 36.1 Å². The van der Waals surface area contributed by atoms with Crippen LogP contribution in [0.4, 0.5) is 0 Å². The maximum atomic E-state index is 5.34. The van der Waals surface area contributed by atoms with Gasteiger partial charge in [0.25, 0.3) is 0 Å². The van der Waals surface area contributed by atoms with Crippen molar-refractivity contribution in [2.45, 2.75) is 19.3 Å². The standard InChI is InChI=1S/C13H15BrO2/c14-8-4-2-1-3-5-11-6-7-12-13(9-11)16-10-15-12/h1-2,6-7,9H,3-5,8,10H2. The van der Waals surface area contributed by atoms with Crippen LogP contribution in [0.15, 0.2) is 30.4 Å². The maximum absolute atomic E-state index is 5.34. The molecule has 3 heteroatoms. The highest BCUT2D eigenvalue weighted by Crippen LogP contribution is 2.32. The Morgan fingerprint density at radius 2 is 1.94 bits per heavy atom. The molecule has 0 atom stereocenters. The predicted octanol–water partition coefficient (Wildman–Crippen LogP) is 3.69. The topological polar surface area (TPSA) is 18.5 Å². The molecule has 2 rings (SSSR count). The lowest BCUT2D eigenvalue weighted by molar-refractivity contribution is 0.174. The fourth-order valence-corrected chi connectivity index (χ4v) is 1.91. The van der Waals surface area contributed by atoms with Crippen LogP contribution in [0.25, 0.3) is 0 Å². The molecule has 0 saturated carbocycles. The van der Waals surface area contributed by atoms with Crippen LogP contribution in [-0.4, -0.2) is 12.1 Å². The molecule has 86 valence electrons. The Balaban J connectivity index is 1.86. The Kier molecular flexibility index (Phi) is 4.28. The van der Waals surface area contributed by atoms with E-state index in [2.05, 4.69) is 40.2 Å². The normalized spacial score (nSPS) is 13.6. The molecule has 0 spiro atoms. The van der Waals surface area contributed by atoms with Crippen LogP contribution in [0.3, 0.4) is 0 Å². The zero-order valence-corrected chi connectivity index (χ0v) is 10.7. The molecule has 0 bridgehead atoms. The molecule has 1 aliphatic rings. The minimum atomic E-state index is 0.351. The molecule has 1 aromatic carbocycles. The van der Waals surface area contributed by atoms with Gasteiger partial charge in [0.15, 0.2) is 11.5 Å². The highest BCUT2D eigenvalue weighted by molar-refractivity contribution is 9.09. The SMILES string of the molecule is BrCCC=CCCc1ccc2c(c1)OCO2. The van der Waals surface area contributed by atoms with Gasteiger partial charge in [0, 0.05) is 5.33 Å². The number of benzene rings is 1. The summed E-state index contributed by atoms with van der Waals surface area (Å²) in [6.07, 6.45) is 7.66. The number of halogens is 1. The fraction of sp³-hybridized carbons (Fsp3) is 0.385. The lowest BCUT2D eigenvalue weighted by atomic mass is 10.1. The van der Waals surface area contributed by atoms with E-state index in [1.54, 1.807) is 0 Å². The first kappa shape index (κ1) is 11.5. The first-order valence-electron chi connectivity index (χ1n) is 5.49. The summed E-state index contributed by atoms with van der Waals surface area (Å²) in [6, 6.07) is 6.16. The number of ether oxygens (including phenoxy) is 2. The second-order valence-corrected chi connectivity index (χ2v) is 4.47. The number of hydrogen-bond donors (Lipinski definition) is 0. The van der Waals surface area contributed by atoms with Crippen LogP contribution in [0.5, 0.6) is 11.5 Å². The van der Waals surface area contributed by atoms with Crippen molar-refractivity contribution in [2.24, 2.45) is 0 Å². The molecular formula is C13H15BrO2. The van der Waals surface area contributed by atoms with Gasteiger partial charge in [-0.2, -0.15) is 0 Å². The van der Waals surface area contributed by atoms with E-state index in [0.29, 0.717) is 6.79 Å². The summed E-state index contributed by atoms with van der Waals surface area (Å²) in [5.74, 6) is 1.74. The first-order valence-corrected chi connectivity index (χ1v) is 6.62. The van der Waals surface area contributed by atoms with E-state index < -0.39 is 0 Å². The Labute approximate surface area is 104 Å². The van der Waals surface area contributed by atoms with E-state index in [1.807, 2.05) is 6.07 Å². The minimum Gasteiger partial charge on any atom is -0.454 e. The minimum absolute atomic E-state index is 0.351. The Morgan fingerprint density at radius 1 is 1.12 bits per heavy atom. The summed E-state index contributed by atoms with van der Waals surface area (Å²) < 4.78 is 10.6. The molecule has 16 heavy (non-hydrogen) atoms. The van der Waals surface area contributed by atoms with Gasteiger partial charge in [0.05, 0.1) is 0 Å². The average molecular weight is 283 g/mol. The summed E-state index contributed by atoms with van der Waals surface area (Å²) >= 11 is 3.40. The van der Waals surface area contributed by atoms with Crippen molar-refractivity contribution in [3.8, 4) is 11.5 Å². The zero-order valence-electron chi connectivity index (χ0n) is 9.12. The predicted molar refractivity (Wildman–Crippen MR) is 68.4 cm³/mol. The Bertz CT molecular complexity index is 374. The van der Waals surface area contributed by atoms with Crippen LogP contribution < -0.4 is 9.47 Å². The highest BCUT2D eigenvalue weighted by atomic mass is 79.9. The largest absolute Gasteiger partial charge is 0.454 e. The van der Waals surface area contributed by atoms with E-state index in [1.165, 1.54) is 5.56 Å². The van der Waals surface area contributed by atoms with Crippen molar-refractivity contribution < 1.29 is 9.47 Å². The highest BCUT2D eigenvalue weighted by Gasteiger charge is 2.12. The number of rotatable bonds is 5. The third-order valence-corrected chi connectivity index (χ3v) is 2.94. The van der Waals surface area contributed by atoms with Crippen molar-refractivity contribution in [1.29, 1.82) is 0 Å². The van der Waals surface area contributed by atoms with Crippen LogP contribution in [0, 0.1) is 0 Å². The number of fused-ring (bicyclic) bond motifs is 1. The number of alkyl halides is 1. The summed E-state index contributed by atoms with van der Waals surface area (Å²) in [5.41, 5.74) is 1.30. The molecule has 1 heterocycles. The molecule has 0 aromatic heterocycles. The Hall–Kier alpha value is -0.960. The molecule has 0 amide bonds. The summed E-state index contributed by atoms with van der Waals surface area (Å²) in [5, 5.41) is 1.04. The quantitative estimate of drug-likeness (QED) is 0.606. The van der Waals surface area contributed by atoms with Gasteiger partial charge in [-0.05, 0) is 37.0 Å². The summed E-state index contributed by atoms with van der Waals surface area (Å²) in [7, 11) is 0. The van der Waals surface area contributed by atoms with Gasteiger partial charge < -0.3 is 9.47 Å². The first-order chi connectivity index (χ1) is 7.90. The monoisotopic (exact) mass is 282 g/mol. The van der Waals surface area contributed by atoms with Gasteiger partial charge in [-0.15, -0.1) is 0 Å². The number of hydrogen-bond acceptors (Lipinski definition) is 2. The van der Waals surface area contributed by atoms with Crippen molar-refractivity contribution in [3.63, 3.8) is 0 Å². The molecule has 0 unspecified atom stereocenters. The molecule has 1 aliphatic heterocycles. The lowest BCUT2D eigenvalue weighted by Gasteiger charge is -2.00. The van der Waals surface area contributed by atoms with E-state index in [9.17, 15) is 0 Å². The third kappa shape index (κ3) is 3.01. The van der Waals surface area contributed by atoms with E-state index in [4.69, 9.17) is 9.47 Å². The van der Waals surface area contributed by atoms with E-state index in [-0.39, 0.29) is 0 Å². The van der Waals surface area contributed by atoms with Crippen LogP contribution >= 0.6 is 15.9 Å². The maximum Gasteiger partial charge on any atom is 0.231 e. The van der Waals surface area contributed by atoms with Crippen molar-refractivity contribution in [1.82, 2.24) is 0 Å². The Morgan fingerprint density at radius 3 is 2.81 bits per heavy atom. The lowest BCUT2D eigenvalue weighted by Crippen LogP contribution is -1.92.